The maximum atomic E-state index is 12.3. The second-order valence-corrected chi connectivity index (χ2v) is 5.25. The number of nitrogens with zero attached hydrogens (tertiary/aromatic N) is 1. The van der Waals surface area contributed by atoms with Gasteiger partial charge < -0.3 is 19.5 Å². The molecule has 1 aliphatic heterocycles. The fourth-order valence-electron chi connectivity index (χ4n) is 2.57. The Morgan fingerprint density at radius 2 is 2.16 bits per heavy atom. The van der Waals surface area contributed by atoms with Crippen molar-refractivity contribution in [2.24, 2.45) is 5.92 Å². The molecular weight excluding hydrogens is 246 g/mol. The molecule has 0 bridgehead atoms. The van der Waals surface area contributed by atoms with Crippen LogP contribution in [0.1, 0.15) is 41.6 Å². The number of hydrogen-bond donors (Lipinski definition) is 2. The van der Waals surface area contributed by atoms with E-state index in [9.17, 15) is 9.90 Å². The minimum atomic E-state index is -0.316. The largest absolute Gasteiger partial charge is 0.453 e. The molecule has 1 atom stereocenters. The van der Waals surface area contributed by atoms with Gasteiger partial charge in [0.15, 0.2) is 5.76 Å². The van der Waals surface area contributed by atoms with Gasteiger partial charge in [0, 0.05) is 18.7 Å². The van der Waals surface area contributed by atoms with Crippen LogP contribution in [0.2, 0.25) is 0 Å². The van der Waals surface area contributed by atoms with E-state index in [1.165, 1.54) is 0 Å². The Morgan fingerprint density at radius 3 is 2.63 bits per heavy atom. The first kappa shape index (κ1) is 14.1. The number of amides is 1. The minimum Gasteiger partial charge on any atom is -0.453 e. The van der Waals surface area contributed by atoms with Crippen molar-refractivity contribution in [2.75, 3.05) is 13.1 Å². The van der Waals surface area contributed by atoms with Gasteiger partial charge in [0.25, 0.3) is 5.91 Å². The molecule has 106 valence electrons. The molecule has 2 heterocycles. The molecule has 1 fully saturated rings. The van der Waals surface area contributed by atoms with Gasteiger partial charge in [0.1, 0.15) is 12.4 Å². The van der Waals surface area contributed by atoms with E-state index in [4.69, 9.17) is 9.52 Å². The third-order valence-electron chi connectivity index (χ3n) is 3.83. The number of carbonyl (C=O) groups is 1. The van der Waals surface area contributed by atoms with Crippen molar-refractivity contribution in [3.8, 4) is 0 Å². The SMILES string of the molecule is Cc1cc(CO)oc1C(=O)N1CCC(C(C)O)CC1. The Kier molecular flexibility index (Phi) is 4.27. The lowest BCUT2D eigenvalue weighted by molar-refractivity contribution is 0.0494. The molecule has 19 heavy (non-hydrogen) atoms. The van der Waals surface area contributed by atoms with Gasteiger partial charge in [-0.3, -0.25) is 4.79 Å². The quantitative estimate of drug-likeness (QED) is 0.866. The molecule has 1 amide bonds. The van der Waals surface area contributed by atoms with Crippen molar-refractivity contribution in [1.29, 1.82) is 0 Å². The van der Waals surface area contributed by atoms with Crippen LogP contribution in [0.4, 0.5) is 0 Å². The topological polar surface area (TPSA) is 73.9 Å². The zero-order valence-corrected chi connectivity index (χ0v) is 11.4. The van der Waals surface area contributed by atoms with Crippen LogP contribution in [-0.4, -0.2) is 40.2 Å². The molecule has 1 aromatic rings. The molecule has 0 aromatic carbocycles. The summed E-state index contributed by atoms with van der Waals surface area (Å²) >= 11 is 0. The zero-order valence-electron chi connectivity index (χ0n) is 11.4. The fourth-order valence-corrected chi connectivity index (χ4v) is 2.57. The van der Waals surface area contributed by atoms with E-state index in [0.717, 1.165) is 18.4 Å². The Morgan fingerprint density at radius 1 is 1.53 bits per heavy atom. The normalized spacial score (nSPS) is 18.6. The van der Waals surface area contributed by atoms with Gasteiger partial charge in [-0.15, -0.1) is 0 Å². The summed E-state index contributed by atoms with van der Waals surface area (Å²) in [6.45, 7) is 4.69. The summed E-state index contributed by atoms with van der Waals surface area (Å²) < 4.78 is 5.36. The number of likely N-dealkylation sites (tertiary alicyclic amines) is 1. The third kappa shape index (κ3) is 2.98. The molecule has 5 nitrogen and oxygen atoms in total. The van der Waals surface area contributed by atoms with Crippen LogP contribution in [0.25, 0.3) is 0 Å². The highest BCUT2D eigenvalue weighted by Crippen LogP contribution is 2.23. The lowest BCUT2D eigenvalue weighted by Gasteiger charge is -2.32. The minimum absolute atomic E-state index is 0.124. The highest BCUT2D eigenvalue weighted by Gasteiger charge is 2.28. The molecule has 0 saturated carbocycles. The summed E-state index contributed by atoms with van der Waals surface area (Å²) in [4.78, 5) is 14.1. The van der Waals surface area contributed by atoms with E-state index in [-0.39, 0.29) is 24.5 Å². The van der Waals surface area contributed by atoms with E-state index in [1.54, 1.807) is 24.8 Å². The predicted octanol–water partition coefficient (Wildman–Crippen LogP) is 1.31. The molecule has 0 radical (unpaired) electrons. The Bertz CT molecular complexity index is 444. The molecule has 5 heteroatoms. The maximum Gasteiger partial charge on any atom is 0.289 e. The van der Waals surface area contributed by atoms with Crippen LogP contribution in [0.15, 0.2) is 10.5 Å². The number of piperidine rings is 1. The molecule has 1 aromatic heterocycles. The van der Waals surface area contributed by atoms with Crippen LogP contribution < -0.4 is 0 Å². The predicted molar refractivity (Wildman–Crippen MR) is 69.7 cm³/mol. The number of aliphatic hydroxyl groups excluding tert-OH is 2. The van der Waals surface area contributed by atoms with Crippen LogP contribution >= 0.6 is 0 Å². The van der Waals surface area contributed by atoms with Gasteiger partial charge in [0.05, 0.1) is 6.10 Å². The maximum absolute atomic E-state index is 12.3. The van der Waals surface area contributed by atoms with Gasteiger partial charge >= 0.3 is 0 Å². The number of aryl methyl sites for hydroxylation is 1. The van der Waals surface area contributed by atoms with Crippen molar-refractivity contribution < 1.29 is 19.4 Å². The summed E-state index contributed by atoms with van der Waals surface area (Å²) in [6.07, 6.45) is 1.31. The Balaban J connectivity index is 2.03. The van der Waals surface area contributed by atoms with E-state index < -0.39 is 0 Å². The Hall–Kier alpha value is -1.33. The molecule has 1 saturated heterocycles. The second kappa shape index (κ2) is 5.75. The van der Waals surface area contributed by atoms with E-state index in [0.29, 0.717) is 24.6 Å². The van der Waals surface area contributed by atoms with Crippen LogP contribution in [-0.2, 0) is 6.61 Å². The van der Waals surface area contributed by atoms with E-state index >= 15 is 0 Å². The third-order valence-corrected chi connectivity index (χ3v) is 3.83. The molecule has 0 spiro atoms. The number of furan rings is 1. The van der Waals surface area contributed by atoms with Gasteiger partial charge in [0.2, 0.25) is 0 Å². The van der Waals surface area contributed by atoms with Gasteiger partial charge in [-0.05, 0) is 38.7 Å². The highest BCUT2D eigenvalue weighted by atomic mass is 16.4. The first-order chi connectivity index (χ1) is 9.02. The number of rotatable bonds is 3. The summed E-state index contributed by atoms with van der Waals surface area (Å²) in [7, 11) is 0. The smallest absolute Gasteiger partial charge is 0.289 e. The molecule has 1 aliphatic rings. The second-order valence-electron chi connectivity index (χ2n) is 5.25. The number of carbonyl (C=O) groups excluding carboxylic acids is 1. The first-order valence-electron chi connectivity index (χ1n) is 6.70. The summed E-state index contributed by atoms with van der Waals surface area (Å²) in [6, 6.07) is 1.69. The van der Waals surface area contributed by atoms with Gasteiger partial charge in [-0.1, -0.05) is 0 Å². The van der Waals surface area contributed by atoms with Crippen molar-refractivity contribution in [3.63, 3.8) is 0 Å². The lowest BCUT2D eigenvalue weighted by atomic mass is 9.92. The van der Waals surface area contributed by atoms with Crippen LogP contribution in [0.3, 0.4) is 0 Å². The summed E-state index contributed by atoms with van der Waals surface area (Å²) in [5, 5.41) is 18.6. The molecule has 2 rings (SSSR count). The van der Waals surface area contributed by atoms with E-state index in [2.05, 4.69) is 0 Å². The average molecular weight is 267 g/mol. The van der Waals surface area contributed by atoms with Gasteiger partial charge in [-0.2, -0.15) is 0 Å². The van der Waals surface area contributed by atoms with Gasteiger partial charge in [-0.25, -0.2) is 0 Å². The first-order valence-corrected chi connectivity index (χ1v) is 6.70. The molecule has 0 aliphatic carbocycles. The van der Waals surface area contributed by atoms with Crippen LogP contribution in [0, 0.1) is 12.8 Å². The average Bonchev–Trinajstić information content (AvgIpc) is 2.79. The monoisotopic (exact) mass is 267 g/mol. The number of hydrogen-bond acceptors (Lipinski definition) is 4. The molecular formula is C14H21NO4. The summed E-state index contributed by atoms with van der Waals surface area (Å²) in [5.41, 5.74) is 0.756. The lowest BCUT2D eigenvalue weighted by Crippen LogP contribution is -2.40. The standard InChI is InChI=1S/C14H21NO4/c1-9-7-12(8-16)19-13(9)14(18)15-5-3-11(4-6-15)10(2)17/h7,10-11,16-17H,3-6,8H2,1-2H3. The van der Waals surface area contributed by atoms with Crippen LogP contribution in [0.5, 0.6) is 0 Å². The van der Waals surface area contributed by atoms with E-state index in [1.807, 2.05) is 0 Å². The van der Waals surface area contributed by atoms with Crippen molar-refractivity contribution in [2.45, 2.75) is 39.4 Å². The molecule has 1 unspecified atom stereocenters. The molecule has 2 N–H and O–H groups in total. The van der Waals surface area contributed by atoms with Crippen molar-refractivity contribution in [1.82, 2.24) is 4.90 Å². The Labute approximate surface area is 112 Å². The van der Waals surface area contributed by atoms with Crippen molar-refractivity contribution in [3.05, 3.63) is 23.2 Å². The number of aliphatic hydroxyl groups is 2. The zero-order chi connectivity index (χ0) is 14.0. The fraction of sp³-hybridized carbons (Fsp3) is 0.643. The highest BCUT2D eigenvalue weighted by molar-refractivity contribution is 5.93. The summed E-state index contributed by atoms with van der Waals surface area (Å²) in [5.74, 6) is 0.884. The van der Waals surface area contributed by atoms with Crippen molar-refractivity contribution >= 4 is 5.91 Å².